The van der Waals surface area contributed by atoms with Crippen molar-refractivity contribution < 1.29 is 37.6 Å². The first-order chi connectivity index (χ1) is 40.8. The molecule has 0 aromatic rings. The molecule has 0 rings (SSSR count). The van der Waals surface area contributed by atoms with Gasteiger partial charge in [0.05, 0.1) is 13.2 Å². The average molecular weight is 1160 g/mol. The van der Waals surface area contributed by atoms with E-state index in [-0.39, 0.29) is 32.6 Å². The lowest BCUT2D eigenvalue weighted by Crippen LogP contribution is -2.29. The predicted molar refractivity (Wildman–Crippen MR) is 357 cm³/mol. The minimum absolute atomic E-state index is 0.0343. The summed E-state index contributed by atoms with van der Waals surface area (Å²) >= 11 is 0. The predicted octanol–water partition coefficient (Wildman–Crippen LogP) is 21.0. The fraction of sp³-hybridized carbons (Fsp3) is 0.534. The number of carbonyl (C=O) groups excluding carboxylic acids is 2. The highest BCUT2D eigenvalue weighted by Crippen LogP contribution is 2.43. The first-order valence-electron chi connectivity index (χ1n) is 31.9. The quantitative estimate of drug-likeness (QED) is 0.0264. The molecule has 0 spiro atoms. The molecule has 0 radical (unpaired) electrons. The second-order valence-electron chi connectivity index (χ2n) is 20.2. The number of allylic oxidation sites excluding steroid dienone is 32. The number of rotatable bonds is 57. The molecule has 0 fully saturated rings. The van der Waals surface area contributed by atoms with Gasteiger partial charge in [-0.25, -0.2) is 4.57 Å². The lowest BCUT2D eigenvalue weighted by Gasteiger charge is -2.19. The van der Waals surface area contributed by atoms with Gasteiger partial charge in [0, 0.05) is 19.4 Å². The normalized spacial score (nSPS) is 14.3. The Morgan fingerprint density at radius 2 is 0.627 bits per heavy atom. The number of phosphoric ester groups is 1. The van der Waals surface area contributed by atoms with Crippen LogP contribution in [-0.2, 0) is 32.7 Å². The van der Waals surface area contributed by atoms with E-state index in [0.29, 0.717) is 12.8 Å². The summed E-state index contributed by atoms with van der Waals surface area (Å²) in [6, 6.07) is 0. The van der Waals surface area contributed by atoms with Gasteiger partial charge in [-0.15, -0.1) is 0 Å². The first-order valence-corrected chi connectivity index (χ1v) is 33.4. The van der Waals surface area contributed by atoms with Crippen molar-refractivity contribution in [3.8, 4) is 0 Å². The molecule has 0 aliphatic rings. The van der Waals surface area contributed by atoms with E-state index in [0.717, 1.165) is 141 Å². The summed E-state index contributed by atoms with van der Waals surface area (Å²) in [7, 11) is -4.42. The average Bonchev–Trinajstić information content (AvgIpc) is 3.49. The lowest BCUT2D eigenvalue weighted by molar-refractivity contribution is -0.161. The topological polar surface area (TPSA) is 134 Å². The van der Waals surface area contributed by atoms with Crippen molar-refractivity contribution in [3.05, 3.63) is 194 Å². The minimum Gasteiger partial charge on any atom is -0.462 e. The minimum atomic E-state index is -4.42. The zero-order valence-electron chi connectivity index (χ0n) is 51.8. The van der Waals surface area contributed by atoms with E-state index in [2.05, 4.69) is 208 Å². The molecule has 0 bridgehead atoms. The Kier molecular flexibility index (Phi) is 61.9. The standard InChI is InChI=1S/C73H114NO8P/c1-3-5-7-9-11-13-15-17-19-21-23-25-27-29-31-33-34-35-36-38-40-42-44-46-48-50-52-54-56-58-60-62-64-66-73(76)82-71(70-81-83(77,78)80-68-67-74)69-79-72(75)65-63-61-59-57-55-53-51-49-47-45-43-41-39-37-32-30-28-26-24-22-20-18-16-14-12-10-8-6-4-2/h5-8,11-14,17-20,23-26,29-32,34-35,38-41,44,46,50,52,56,58,71H,3-4,9-10,15-16,21-22,27-28,33,36-37,42-43,45,47-49,51,53-55,57,59-70,74H2,1-2H3,(H,77,78)/b7-5-,8-6-,13-11-,14-12-,19-17-,20-18-,25-23-,26-24-,31-29-,32-30-,35-34-,40-38-,41-39-,46-44-,52-50-,58-56-. The van der Waals surface area contributed by atoms with Gasteiger partial charge in [0.15, 0.2) is 6.10 Å². The number of hydrogen-bond acceptors (Lipinski definition) is 8. The van der Waals surface area contributed by atoms with Crippen molar-refractivity contribution in [2.75, 3.05) is 26.4 Å². The molecule has 0 aromatic carbocycles. The van der Waals surface area contributed by atoms with Gasteiger partial charge in [0.25, 0.3) is 0 Å². The SMILES string of the molecule is CC/C=C\C/C=C\C/C=C\C/C=C\C/C=C\C/C=C\C/C=C\C/C=C\C/C=C\C/C=C\CCCCC(=O)OC(COC(=O)CCCCCCCCCCCC/C=C\C/C=C\C/C=C\C/C=C\C/C=C\C/C=C\CC)COP(=O)(O)OCCN. The Morgan fingerprint density at radius 1 is 0.361 bits per heavy atom. The molecule has 9 nitrogen and oxygen atoms in total. The molecule has 3 N–H and O–H groups in total. The number of phosphoric acid groups is 1. The van der Waals surface area contributed by atoms with Crippen LogP contribution in [0.1, 0.15) is 219 Å². The molecule has 464 valence electrons. The van der Waals surface area contributed by atoms with Crippen molar-refractivity contribution in [1.82, 2.24) is 0 Å². The molecule has 0 aliphatic heterocycles. The number of carbonyl (C=O) groups is 2. The van der Waals surface area contributed by atoms with Crippen LogP contribution in [0.5, 0.6) is 0 Å². The summed E-state index contributed by atoms with van der Waals surface area (Å²) in [5.74, 6) is -0.900. The molecule has 0 aromatic heterocycles. The molecular formula is C73H114NO8P. The second-order valence-corrected chi connectivity index (χ2v) is 21.6. The van der Waals surface area contributed by atoms with E-state index in [1.54, 1.807) is 0 Å². The van der Waals surface area contributed by atoms with Crippen LogP contribution >= 0.6 is 7.82 Å². The molecule has 2 unspecified atom stereocenters. The van der Waals surface area contributed by atoms with Crippen molar-refractivity contribution in [3.63, 3.8) is 0 Å². The summed E-state index contributed by atoms with van der Waals surface area (Å²) in [4.78, 5) is 35.3. The van der Waals surface area contributed by atoms with E-state index in [1.807, 2.05) is 0 Å². The van der Waals surface area contributed by atoms with Gasteiger partial charge in [-0.2, -0.15) is 0 Å². The third-order valence-corrected chi connectivity index (χ3v) is 13.5. The molecule has 0 aliphatic carbocycles. The maximum absolute atomic E-state index is 12.7. The van der Waals surface area contributed by atoms with Crippen LogP contribution in [0.2, 0.25) is 0 Å². The van der Waals surface area contributed by atoms with Crippen LogP contribution in [0.15, 0.2) is 194 Å². The van der Waals surface area contributed by atoms with E-state index < -0.39 is 32.5 Å². The van der Waals surface area contributed by atoms with Crippen LogP contribution in [0, 0.1) is 0 Å². The number of unbranched alkanes of at least 4 members (excludes halogenated alkanes) is 12. The van der Waals surface area contributed by atoms with Gasteiger partial charge in [0.1, 0.15) is 6.61 Å². The summed E-state index contributed by atoms with van der Waals surface area (Å²) in [6.07, 6.45) is 101. The van der Waals surface area contributed by atoms with Crippen molar-refractivity contribution in [2.24, 2.45) is 5.73 Å². The molecule has 10 heteroatoms. The van der Waals surface area contributed by atoms with Crippen LogP contribution < -0.4 is 5.73 Å². The van der Waals surface area contributed by atoms with E-state index in [4.69, 9.17) is 24.3 Å². The summed E-state index contributed by atoms with van der Waals surface area (Å²) in [5, 5.41) is 0. The van der Waals surface area contributed by atoms with Crippen LogP contribution in [0.3, 0.4) is 0 Å². The molecule has 0 heterocycles. The van der Waals surface area contributed by atoms with E-state index >= 15 is 0 Å². The summed E-state index contributed by atoms with van der Waals surface area (Å²) < 4.78 is 33.0. The number of nitrogens with two attached hydrogens (primary N) is 1. The Balaban J connectivity index is 4.12. The van der Waals surface area contributed by atoms with Gasteiger partial charge >= 0.3 is 19.8 Å². The number of esters is 2. The maximum atomic E-state index is 12.7. The van der Waals surface area contributed by atoms with Gasteiger partial charge in [-0.3, -0.25) is 18.6 Å². The van der Waals surface area contributed by atoms with Gasteiger partial charge in [-0.1, -0.05) is 260 Å². The fourth-order valence-corrected chi connectivity index (χ4v) is 8.61. The Bertz CT molecular complexity index is 2060. The highest BCUT2D eigenvalue weighted by atomic mass is 31.2. The third kappa shape index (κ3) is 65.9. The second kappa shape index (κ2) is 66.0. The maximum Gasteiger partial charge on any atom is 0.472 e. The molecule has 0 saturated carbocycles. The van der Waals surface area contributed by atoms with Gasteiger partial charge < -0.3 is 20.1 Å². The van der Waals surface area contributed by atoms with Gasteiger partial charge in [0.2, 0.25) is 0 Å². The van der Waals surface area contributed by atoms with Crippen LogP contribution in [0.25, 0.3) is 0 Å². The fourth-order valence-electron chi connectivity index (χ4n) is 7.84. The highest BCUT2D eigenvalue weighted by Gasteiger charge is 2.26. The van der Waals surface area contributed by atoms with E-state index in [9.17, 15) is 19.0 Å². The smallest absolute Gasteiger partial charge is 0.462 e. The van der Waals surface area contributed by atoms with Crippen molar-refractivity contribution in [2.45, 2.75) is 225 Å². The molecule has 0 saturated heterocycles. The molecule has 83 heavy (non-hydrogen) atoms. The Labute approximate surface area is 506 Å². The number of hydrogen-bond donors (Lipinski definition) is 2. The first kappa shape index (κ1) is 77.9. The molecular weight excluding hydrogens is 1050 g/mol. The van der Waals surface area contributed by atoms with Crippen LogP contribution in [-0.4, -0.2) is 49.3 Å². The lowest BCUT2D eigenvalue weighted by atomic mass is 10.1. The third-order valence-electron chi connectivity index (χ3n) is 12.5. The Hall–Kier alpha value is -5.15. The van der Waals surface area contributed by atoms with Crippen molar-refractivity contribution in [1.29, 1.82) is 0 Å². The molecule has 0 amide bonds. The number of ether oxygens (including phenoxy) is 2. The van der Waals surface area contributed by atoms with Gasteiger partial charge in [-0.05, 0) is 141 Å². The monoisotopic (exact) mass is 1160 g/mol. The van der Waals surface area contributed by atoms with Crippen LogP contribution in [0.4, 0.5) is 0 Å². The highest BCUT2D eigenvalue weighted by molar-refractivity contribution is 7.47. The zero-order chi connectivity index (χ0) is 60.1. The van der Waals surface area contributed by atoms with Crippen molar-refractivity contribution >= 4 is 19.8 Å². The molecule has 2 atom stereocenters. The largest absolute Gasteiger partial charge is 0.472 e. The summed E-state index contributed by atoms with van der Waals surface area (Å²) in [5.41, 5.74) is 5.39. The summed E-state index contributed by atoms with van der Waals surface area (Å²) in [6.45, 7) is 3.43. The van der Waals surface area contributed by atoms with E-state index in [1.165, 1.54) is 38.5 Å². The zero-order valence-corrected chi connectivity index (χ0v) is 52.7. The Morgan fingerprint density at radius 3 is 0.952 bits per heavy atom.